The second-order valence-corrected chi connectivity index (χ2v) is 3.79. The average Bonchev–Trinajstić information content (AvgIpc) is 2.82. The summed E-state index contributed by atoms with van der Waals surface area (Å²) in [5, 5.41) is 7.84. The number of aldehydes is 1. The predicted octanol–water partition coefficient (Wildman–Crippen LogP) is 2.37. The van der Waals surface area contributed by atoms with E-state index >= 15 is 0 Å². The summed E-state index contributed by atoms with van der Waals surface area (Å²) in [6.45, 7) is 0. The van der Waals surface area contributed by atoms with Crippen molar-refractivity contribution in [1.29, 1.82) is 0 Å². The quantitative estimate of drug-likeness (QED) is 0.647. The van der Waals surface area contributed by atoms with Crippen LogP contribution in [0.15, 0.2) is 42.5 Å². The van der Waals surface area contributed by atoms with Gasteiger partial charge in [0, 0.05) is 5.56 Å². The van der Waals surface area contributed by atoms with Crippen LogP contribution in [0.4, 0.5) is 4.39 Å². The van der Waals surface area contributed by atoms with Gasteiger partial charge in [0.15, 0.2) is 6.29 Å². The second kappa shape index (κ2) is 4.03. The van der Waals surface area contributed by atoms with Crippen LogP contribution in [-0.4, -0.2) is 21.3 Å². The first-order valence-electron chi connectivity index (χ1n) is 5.36. The molecule has 88 valence electrons. The molecule has 0 radical (unpaired) electrons. The van der Waals surface area contributed by atoms with Crippen LogP contribution in [0.5, 0.6) is 0 Å². The van der Waals surface area contributed by atoms with E-state index in [-0.39, 0.29) is 11.3 Å². The summed E-state index contributed by atoms with van der Waals surface area (Å²) < 4.78 is 15.2. The van der Waals surface area contributed by atoms with Crippen molar-refractivity contribution in [3.8, 4) is 5.69 Å². The van der Waals surface area contributed by atoms with E-state index in [4.69, 9.17) is 0 Å². The summed E-state index contributed by atoms with van der Waals surface area (Å²) in [4.78, 5) is 11.0. The zero-order valence-corrected chi connectivity index (χ0v) is 9.25. The van der Waals surface area contributed by atoms with Gasteiger partial charge < -0.3 is 0 Å². The van der Waals surface area contributed by atoms with Gasteiger partial charge in [0.25, 0.3) is 0 Å². The van der Waals surface area contributed by atoms with Crippen LogP contribution >= 0.6 is 0 Å². The van der Waals surface area contributed by atoms with Gasteiger partial charge >= 0.3 is 0 Å². The van der Waals surface area contributed by atoms with Gasteiger partial charge in [-0.2, -0.15) is 0 Å². The van der Waals surface area contributed by atoms with E-state index in [0.29, 0.717) is 17.3 Å². The van der Waals surface area contributed by atoms with E-state index in [2.05, 4.69) is 10.3 Å². The fourth-order valence-corrected chi connectivity index (χ4v) is 1.88. The van der Waals surface area contributed by atoms with Gasteiger partial charge in [-0.1, -0.05) is 23.4 Å². The molecule has 0 unspecified atom stereocenters. The van der Waals surface area contributed by atoms with Crippen LogP contribution in [-0.2, 0) is 0 Å². The minimum Gasteiger partial charge on any atom is -0.298 e. The van der Waals surface area contributed by atoms with Crippen LogP contribution in [0.2, 0.25) is 0 Å². The van der Waals surface area contributed by atoms with Gasteiger partial charge in [-0.05, 0) is 24.3 Å². The monoisotopic (exact) mass is 241 g/mol. The molecule has 5 heteroatoms. The van der Waals surface area contributed by atoms with Crippen molar-refractivity contribution in [2.24, 2.45) is 0 Å². The molecule has 0 bridgehead atoms. The number of fused-ring (bicyclic) bond motifs is 1. The van der Waals surface area contributed by atoms with Gasteiger partial charge in [-0.15, -0.1) is 5.10 Å². The van der Waals surface area contributed by atoms with Gasteiger partial charge in [-0.25, -0.2) is 9.07 Å². The molecule has 1 aromatic heterocycles. The van der Waals surface area contributed by atoms with E-state index in [1.165, 1.54) is 16.8 Å². The van der Waals surface area contributed by atoms with Crippen molar-refractivity contribution < 1.29 is 9.18 Å². The Morgan fingerprint density at radius 3 is 2.78 bits per heavy atom. The normalized spacial score (nSPS) is 10.7. The molecule has 3 rings (SSSR count). The molecule has 0 amide bonds. The van der Waals surface area contributed by atoms with E-state index < -0.39 is 5.82 Å². The maximum Gasteiger partial charge on any atom is 0.152 e. The summed E-state index contributed by atoms with van der Waals surface area (Å²) in [6.07, 6.45) is 0.606. The predicted molar refractivity (Wildman–Crippen MR) is 64.2 cm³/mol. The Hall–Kier alpha value is -2.56. The maximum atomic E-state index is 13.9. The van der Waals surface area contributed by atoms with E-state index in [1.54, 1.807) is 18.2 Å². The lowest BCUT2D eigenvalue weighted by Gasteiger charge is -2.06. The van der Waals surface area contributed by atoms with Gasteiger partial charge in [0.1, 0.15) is 17.0 Å². The number of carbonyl (C=O) groups is 1. The molecule has 0 aliphatic carbocycles. The second-order valence-electron chi connectivity index (χ2n) is 3.79. The van der Waals surface area contributed by atoms with E-state index in [1.807, 2.05) is 12.1 Å². The number of rotatable bonds is 2. The van der Waals surface area contributed by atoms with Crippen molar-refractivity contribution in [2.45, 2.75) is 0 Å². The van der Waals surface area contributed by atoms with Crippen molar-refractivity contribution in [1.82, 2.24) is 15.0 Å². The molecule has 0 atom stereocenters. The lowest BCUT2D eigenvalue weighted by Crippen LogP contribution is -2.04. The Morgan fingerprint density at radius 1 is 1.11 bits per heavy atom. The number of hydrogen-bond acceptors (Lipinski definition) is 3. The molecule has 1 heterocycles. The highest BCUT2D eigenvalue weighted by Crippen LogP contribution is 2.21. The molecule has 3 aromatic rings. The number of halogens is 1. The molecule has 0 spiro atoms. The number of aromatic nitrogens is 3. The largest absolute Gasteiger partial charge is 0.298 e. The fourth-order valence-electron chi connectivity index (χ4n) is 1.88. The van der Waals surface area contributed by atoms with Crippen LogP contribution < -0.4 is 0 Å². The Balaban J connectivity index is 2.36. The first-order valence-corrected chi connectivity index (χ1v) is 5.36. The summed E-state index contributed by atoms with van der Waals surface area (Å²) in [5.74, 6) is -0.504. The smallest absolute Gasteiger partial charge is 0.152 e. The first kappa shape index (κ1) is 10.6. The van der Waals surface area contributed by atoms with Crippen molar-refractivity contribution in [2.75, 3.05) is 0 Å². The molecule has 2 aromatic carbocycles. The highest BCUT2D eigenvalue weighted by atomic mass is 19.1. The third-order valence-corrected chi connectivity index (χ3v) is 2.71. The number of nitrogens with zero attached hydrogens (tertiary/aromatic N) is 3. The Labute approximate surface area is 102 Å². The van der Waals surface area contributed by atoms with Crippen LogP contribution in [0, 0.1) is 5.82 Å². The summed E-state index contributed by atoms with van der Waals surface area (Å²) in [7, 11) is 0. The third kappa shape index (κ3) is 1.48. The summed E-state index contributed by atoms with van der Waals surface area (Å²) >= 11 is 0. The van der Waals surface area contributed by atoms with Crippen molar-refractivity contribution in [3.05, 3.63) is 53.8 Å². The van der Waals surface area contributed by atoms with Gasteiger partial charge in [-0.3, -0.25) is 4.79 Å². The molecule has 0 saturated heterocycles. The van der Waals surface area contributed by atoms with Crippen molar-refractivity contribution in [3.63, 3.8) is 0 Å². The molecule has 0 aliphatic heterocycles. The molecule has 0 fully saturated rings. The Bertz CT molecular complexity index is 736. The topological polar surface area (TPSA) is 47.8 Å². The van der Waals surface area contributed by atoms with Crippen LogP contribution in [0.25, 0.3) is 16.7 Å². The van der Waals surface area contributed by atoms with Gasteiger partial charge in [0.2, 0.25) is 0 Å². The lowest BCUT2D eigenvalue weighted by molar-refractivity contribution is 0.112. The fraction of sp³-hybridized carbons (Fsp3) is 0. The Morgan fingerprint density at radius 2 is 1.94 bits per heavy atom. The number of benzene rings is 2. The molecule has 0 saturated carbocycles. The van der Waals surface area contributed by atoms with E-state index in [9.17, 15) is 9.18 Å². The minimum atomic E-state index is -0.504. The summed E-state index contributed by atoms with van der Waals surface area (Å²) in [6, 6.07) is 11.5. The molecule has 18 heavy (non-hydrogen) atoms. The number of carbonyl (C=O) groups excluding carboxylic acids is 1. The highest BCUT2D eigenvalue weighted by Gasteiger charge is 2.14. The minimum absolute atomic E-state index is 0.126. The lowest BCUT2D eigenvalue weighted by atomic mass is 10.2. The highest BCUT2D eigenvalue weighted by molar-refractivity contribution is 5.84. The maximum absolute atomic E-state index is 13.9. The molecule has 0 aliphatic rings. The van der Waals surface area contributed by atoms with Crippen LogP contribution in [0.1, 0.15) is 10.4 Å². The average molecular weight is 241 g/mol. The number of para-hydroxylation sites is 2. The number of hydrogen-bond donors (Lipinski definition) is 0. The van der Waals surface area contributed by atoms with E-state index in [0.717, 1.165) is 0 Å². The Kier molecular flexibility index (Phi) is 2.37. The molecule has 4 nitrogen and oxygen atoms in total. The summed E-state index contributed by atoms with van der Waals surface area (Å²) in [5.41, 5.74) is 1.68. The van der Waals surface area contributed by atoms with Crippen LogP contribution in [0.3, 0.4) is 0 Å². The zero-order chi connectivity index (χ0) is 12.5. The third-order valence-electron chi connectivity index (χ3n) is 2.71. The zero-order valence-electron chi connectivity index (χ0n) is 9.25. The molecule has 0 N–H and O–H groups in total. The standard InChI is InChI=1S/C13H8FN3O/c14-10-5-3-4-9(8-18)13(10)17-12-7-2-1-6-11(12)15-16-17/h1-8H. The van der Waals surface area contributed by atoms with Crippen molar-refractivity contribution >= 4 is 17.3 Å². The molecular formula is C13H8FN3O. The SMILES string of the molecule is O=Cc1cccc(F)c1-n1nnc2ccccc21. The molecular weight excluding hydrogens is 233 g/mol. The van der Waals surface area contributed by atoms with Gasteiger partial charge in [0.05, 0.1) is 5.52 Å². The first-order chi connectivity index (χ1) is 8.81.